The number of benzene rings is 1. The van der Waals surface area contributed by atoms with Gasteiger partial charge >= 0.3 is 0 Å². The summed E-state index contributed by atoms with van der Waals surface area (Å²) in [7, 11) is -3.65. The van der Waals surface area contributed by atoms with E-state index in [4.69, 9.17) is 5.84 Å². The zero-order valence-corrected chi connectivity index (χ0v) is 7.76. The first-order chi connectivity index (χ1) is 6.54. The van der Waals surface area contributed by atoms with E-state index in [2.05, 4.69) is 5.43 Å². The Kier molecular flexibility index (Phi) is 1.73. The average molecular weight is 213 g/mol. The molecule has 1 heterocycles. The summed E-state index contributed by atoms with van der Waals surface area (Å²) in [6.07, 6.45) is 0. The first-order valence-corrected chi connectivity index (χ1v) is 5.21. The van der Waals surface area contributed by atoms with Crippen molar-refractivity contribution >= 4 is 21.6 Å². The minimum absolute atomic E-state index is 0.0125. The molecule has 0 atom stereocenters. The van der Waals surface area contributed by atoms with Crippen molar-refractivity contribution in [1.29, 1.82) is 0 Å². The lowest BCUT2D eigenvalue weighted by Gasteiger charge is -2.00. The molecule has 6 nitrogen and oxygen atoms in total. The summed E-state index contributed by atoms with van der Waals surface area (Å²) in [6.45, 7) is 0. The highest BCUT2D eigenvalue weighted by Crippen LogP contribution is 2.24. The Balaban J connectivity index is 2.70. The van der Waals surface area contributed by atoms with E-state index >= 15 is 0 Å². The normalized spacial score (nSPS) is 17.4. The highest BCUT2D eigenvalue weighted by molar-refractivity contribution is 7.90. The van der Waals surface area contributed by atoms with Gasteiger partial charge in [0.05, 0.1) is 5.56 Å². The van der Waals surface area contributed by atoms with Crippen LogP contribution in [0.2, 0.25) is 0 Å². The fraction of sp³-hybridized carbons (Fsp3) is 0. The highest BCUT2D eigenvalue weighted by Gasteiger charge is 2.32. The monoisotopic (exact) mass is 213 g/mol. The summed E-state index contributed by atoms with van der Waals surface area (Å²) < 4.78 is 24.4. The van der Waals surface area contributed by atoms with Gasteiger partial charge in [-0.15, -0.1) is 0 Å². The lowest BCUT2D eigenvalue weighted by Crippen LogP contribution is -2.20. The van der Waals surface area contributed by atoms with Crippen molar-refractivity contribution in [2.45, 2.75) is 4.90 Å². The lowest BCUT2D eigenvalue weighted by molar-refractivity contribution is 0.0985. The van der Waals surface area contributed by atoms with Crippen molar-refractivity contribution in [3.8, 4) is 0 Å². The third-order valence-corrected chi connectivity index (χ3v) is 3.30. The van der Waals surface area contributed by atoms with Gasteiger partial charge in [-0.3, -0.25) is 10.6 Å². The molecule has 1 aliphatic rings. The van der Waals surface area contributed by atoms with Gasteiger partial charge in [-0.2, -0.15) is 0 Å². The van der Waals surface area contributed by atoms with Crippen LogP contribution in [0.5, 0.6) is 0 Å². The van der Waals surface area contributed by atoms with Gasteiger partial charge in [-0.1, -0.05) is 0 Å². The van der Waals surface area contributed by atoms with Gasteiger partial charge < -0.3 is 5.43 Å². The second-order valence-corrected chi connectivity index (χ2v) is 4.44. The topological polar surface area (TPSA) is 101 Å². The van der Waals surface area contributed by atoms with E-state index in [1.165, 1.54) is 18.2 Å². The molecule has 1 amide bonds. The maximum Gasteiger partial charge on any atom is 0.266 e. The number of anilines is 1. The molecule has 4 N–H and O–H groups in total. The van der Waals surface area contributed by atoms with Crippen LogP contribution in [-0.2, 0) is 10.0 Å². The van der Waals surface area contributed by atoms with E-state index in [1.807, 2.05) is 4.72 Å². The first-order valence-electron chi connectivity index (χ1n) is 3.72. The molecule has 0 saturated carbocycles. The van der Waals surface area contributed by atoms with E-state index in [0.717, 1.165) is 0 Å². The van der Waals surface area contributed by atoms with Gasteiger partial charge in [0.15, 0.2) is 0 Å². The molecule has 2 rings (SSSR count). The van der Waals surface area contributed by atoms with Crippen LogP contribution in [0.25, 0.3) is 0 Å². The third kappa shape index (κ3) is 1.14. The Bertz CT molecular complexity index is 509. The van der Waals surface area contributed by atoms with E-state index in [-0.39, 0.29) is 10.5 Å². The van der Waals surface area contributed by atoms with Crippen LogP contribution in [0.3, 0.4) is 0 Å². The number of hydrogen-bond acceptors (Lipinski definition) is 5. The van der Waals surface area contributed by atoms with E-state index in [9.17, 15) is 13.2 Å². The molecule has 0 aromatic heterocycles. The van der Waals surface area contributed by atoms with Crippen molar-refractivity contribution in [2.24, 2.45) is 5.84 Å². The van der Waals surface area contributed by atoms with Gasteiger partial charge in [0.2, 0.25) is 0 Å². The Morgan fingerprint density at radius 2 is 2.07 bits per heavy atom. The predicted octanol–water partition coefficient (Wildman–Crippen LogP) is -0.596. The van der Waals surface area contributed by atoms with E-state index in [1.54, 1.807) is 0 Å². The van der Waals surface area contributed by atoms with Gasteiger partial charge in [0, 0.05) is 5.69 Å². The first kappa shape index (κ1) is 8.97. The van der Waals surface area contributed by atoms with Crippen molar-refractivity contribution in [3.05, 3.63) is 23.8 Å². The molecule has 7 heteroatoms. The zero-order valence-electron chi connectivity index (χ0n) is 6.94. The molecular weight excluding hydrogens is 206 g/mol. The standard InChI is InChI=1S/C7H7N3O3S/c8-9-4-1-2-6-5(3-4)7(11)10-14(6,12)13/h1-3,9H,8H2,(H,10,11). The predicted molar refractivity (Wildman–Crippen MR) is 48.9 cm³/mol. The number of fused-ring (bicyclic) bond motifs is 1. The van der Waals surface area contributed by atoms with Crippen molar-refractivity contribution in [2.75, 3.05) is 5.43 Å². The average Bonchev–Trinajstić information content (AvgIpc) is 2.37. The SMILES string of the molecule is NNc1ccc2c(c1)C(=O)NS2(=O)=O. The van der Waals surface area contributed by atoms with E-state index in [0.29, 0.717) is 5.69 Å². The van der Waals surface area contributed by atoms with Crippen LogP contribution in [0.4, 0.5) is 5.69 Å². The van der Waals surface area contributed by atoms with Crippen LogP contribution in [-0.4, -0.2) is 14.3 Å². The lowest BCUT2D eigenvalue weighted by atomic mass is 10.2. The molecule has 0 unspecified atom stereocenters. The molecular formula is C7H7N3O3S. The summed E-state index contributed by atoms with van der Waals surface area (Å²) in [5, 5.41) is 0. The smallest absolute Gasteiger partial charge is 0.266 e. The third-order valence-electron chi connectivity index (χ3n) is 1.91. The molecule has 14 heavy (non-hydrogen) atoms. The number of carbonyl (C=O) groups excluding carboxylic acids is 1. The summed E-state index contributed by atoms with van der Waals surface area (Å²) >= 11 is 0. The van der Waals surface area contributed by atoms with Crippen molar-refractivity contribution in [1.82, 2.24) is 4.72 Å². The van der Waals surface area contributed by atoms with Gasteiger partial charge in [0.1, 0.15) is 4.90 Å². The molecule has 1 aliphatic heterocycles. The Morgan fingerprint density at radius 3 is 2.71 bits per heavy atom. The van der Waals surface area contributed by atoms with Crippen LogP contribution in [0.1, 0.15) is 10.4 Å². The molecule has 74 valence electrons. The van der Waals surface area contributed by atoms with Gasteiger partial charge in [0.25, 0.3) is 15.9 Å². The highest BCUT2D eigenvalue weighted by atomic mass is 32.2. The number of hydrogen-bond donors (Lipinski definition) is 3. The number of carbonyl (C=O) groups is 1. The molecule has 0 spiro atoms. The molecule has 1 aromatic rings. The second-order valence-electron chi connectivity index (χ2n) is 2.79. The van der Waals surface area contributed by atoms with Crippen LogP contribution >= 0.6 is 0 Å². The molecule has 0 fully saturated rings. The molecule has 0 saturated heterocycles. The number of hydrazine groups is 1. The largest absolute Gasteiger partial charge is 0.324 e. The summed E-state index contributed by atoms with van der Waals surface area (Å²) in [5.41, 5.74) is 2.92. The maximum atomic E-state index is 11.3. The van der Waals surface area contributed by atoms with E-state index < -0.39 is 15.9 Å². The summed E-state index contributed by atoms with van der Waals surface area (Å²) in [6, 6.07) is 4.20. The molecule has 0 aliphatic carbocycles. The zero-order chi connectivity index (χ0) is 10.3. The van der Waals surface area contributed by atoms with Crippen molar-refractivity contribution < 1.29 is 13.2 Å². The quantitative estimate of drug-likeness (QED) is 0.427. The summed E-state index contributed by atoms with van der Waals surface area (Å²) in [4.78, 5) is 11.2. The van der Waals surface area contributed by atoms with Gasteiger partial charge in [-0.05, 0) is 18.2 Å². The Hall–Kier alpha value is -1.60. The fourth-order valence-corrected chi connectivity index (χ4v) is 2.42. The molecule has 0 bridgehead atoms. The van der Waals surface area contributed by atoms with Crippen LogP contribution < -0.4 is 16.0 Å². The van der Waals surface area contributed by atoms with Crippen molar-refractivity contribution in [3.63, 3.8) is 0 Å². The van der Waals surface area contributed by atoms with Crippen LogP contribution in [0, 0.1) is 0 Å². The minimum Gasteiger partial charge on any atom is -0.324 e. The molecule has 1 aromatic carbocycles. The van der Waals surface area contributed by atoms with Gasteiger partial charge in [-0.25, -0.2) is 13.1 Å². The Morgan fingerprint density at radius 1 is 1.36 bits per heavy atom. The number of amides is 1. The number of nitrogens with two attached hydrogens (primary N) is 1. The number of nitrogens with one attached hydrogen (secondary N) is 2. The fourth-order valence-electron chi connectivity index (χ4n) is 1.26. The number of rotatable bonds is 1. The number of sulfonamides is 1. The Labute approximate surface area is 80.1 Å². The van der Waals surface area contributed by atoms with Crippen LogP contribution in [0.15, 0.2) is 23.1 Å². The maximum absolute atomic E-state index is 11.3. The second kappa shape index (κ2) is 2.69. The minimum atomic E-state index is -3.65. The number of nitrogen functional groups attached to an aromatic ring is 1. The summed E-state index contributed by atoms with van der Waals surface area (Å²) in [5.74, 6) is 4.50. The molecule has 0 radical (unpaired) electrons.